The van der Waals surface area contributed by atoms with Crippen molar-refractivity contribution in [3.05, 3.63) is 23.8 Å². The first-order chi connectivity index (χ1) is 10.6. The van der Waals surface area contributed by atoms with Gasteiger partial charge in [-0.3, -0.25) is 0 Å². The van der Waals surface area contributed by atoms with Gasteiger partial charge in [0.15, 0.2) is 0 Å². The van der Waals surface area contributed by atoms with Crippen molar-refractivity contribution in [2.75, 3.05) is 45.7 Å². The van der Waals surface area contributed by atoms with E-state index in [2.05, 4.69) is 54.3 Å². The van der Waals surface area contributed by atoms with Crippen molar-refractivity contribution in [2.45, 2.75) is 38.3 Å². The molecule has 1 saturated heterocycles. The Morgan fingerprint density at radius 1 is 1.36 bits per heavy atom. The Morgan fingerprint density at radius 2 is 2.14 bits per heavy atom. The van der Waals surface area contributed by atoms with Crippen molar-refractivity contribution in [3.63, 3.8) is 0 Å². The van der Waals surface area contributed by atoms with Gasteiger partial charge in [-0.05, 0) is 71.1 Å². The van der Waals surface area contributed by atoms with Gasteiger partial charge < -0.3 is 19.9 Å². The van der Waals surface area contributed by atoms with Gasteiger partial charge in [0.2, 0.25) is 0 Å². The molecule has 0 amide bonds. The van der Waals surface area contributed by atoms with Crippen molar-refractivity contribution in [2.24, 2.45) is 0 Å². The number of benzene rings is 1. The summed E-state index contributed by atoms with van der Waals surface area (Å²) in [6.45, 7) is 6.47. The Hall–Kier alpha value is -1.26. The quantitative estimate of drug-likeness (QED) is 0.925. The van der Waals surface area contributed by atoms with Crippen LogP contribution in [-0.2, 0) is 6.42 Å². The summed E-state index contributed by atoms with van der Waals surface area (Å²) in [6.07, 6.45) is 3.67. The number of rotatable bonds is 4. The first kappa shape index (κ1) is 15.6. The highest BCUT2D eigenvalue weighted by molar-refractivity contribution is 5.59. The average Bonchev–Trinajstić information content (AvgIpc) is 2.55. The van der Waals surface area contributed by atoms with Gasteiger partial charge in [0.05, 0.1) is 5.69 Å². The maximum absolute atomic E-state index is 5.66. The Bertz CT molecular complexity index is 497. The van der Waals surface area contributed by atoms with Crippen LogP contribution in [0.2, 0.25) is 0 Å². The third kappa shape index (κ3) is 3.55. The first-order valence-electron chi connectivity index (χ1n) is 8.53. The molecule has 3 rings (SSSR count). The van der Waals surface area contributed by atoms with Crippen LogP contribution in [0.3, 0.4) is 0 Å². The molecule has 0 spiro atoms. The third-order valence-electron chi connectivity index (χ3n) is 5.21. The molecular formula is C18H29N3O. The molecule has 2 aliphatic rings. The number of hydrogen-bond acceptors (Lipinski definition) is 4. The van der Waals surface area contributed by atoms with Gasteiger partial charge in [-0.25, -0.2) is 0 Å². The van der Waals surface area contributed by atoms with Gasteiger partial charge in [0, 0.05) is 18.6 Å². The highest BCUT2D eigenvalue weighted by atomic mass is 16.5. The van der Waals surface area contributed by atoms with E-state index in [1.807, 2.05) is 0 Å². The van der Waals surface area contributed by atoms with Crippen molar-refractivity contribution >= 4 is 5.69 Å². The molecule has 1 atom stereocenters. The lowest BCUT2D eigenvalue weighted by Crippen LogP contribution is -2.46. The summed E-state index contributed by atoms with van der Waals surface area (Å²) < 4.78 is 5.66. The van der Waals surface area contributed by atoms with Gasteiger partial charge in [-0.2, -0.15) is 0 Å². The van der Waals surface area contributed by atoms with Gasteiger partial charge in [-0.1, -0.05) is 6.07 Å². The molecule has 0 radical (unpaired) electrons. The van der Waals surface area contributed by atoms with E-state index in [1.165, 1.54) is 31.5 Å². The molecule has 4 heteroatoms. The molecule has 2 heterocycles. The second-order valence-corrected chi connectivity index (χ2v) is 6.86. The van der Waals surface area contributed by atoms with E-state index < -0.39 is 0 Å². The number of nitrogens with zero attached hydrogens (tertiary/aromatic N) is 2. The first-order valence-corrected chi connectivity index (χ1v) is 8.53. The maximum Gasteiger partial charge on any atom is 0.142 e. The van der Waals surface area contributed by atoms with Crippen LogP contribution in [0.25, 0.3) is 0 Å². The minimum Gasteiger partial charge on any atom is -0.490 e. The second-order valence-electron chi connectivity index (χ2n) is 6.86. The number of piperidine rings is 1. The number of nitrogens with one attached hydrogen (secondary N) is 1. The van der Waals surface area contributed by atoms with Crippen molar-refractivity contribution < 1.29 is 4.74 Å². The molecule has 0 aromatic heterocycles. The van der Waals surface area contributed by atoms with Crippen LogP contribution in [0.5, 0.6) is 5.75 Å². The number of anilines is 1. The lowest BCUT2D eigenvalue weighted by atomic mass is 9.99. The maximum atomic E-state index is 5.66. The molecule has 1 N–H and O–H groups in total. The van der Waals surface area contributed by atoms with Gasteiger partial charge in [0.1, 0.15) is 12.4 Å². The Balaban J connectivity index is 1.60. The van der Waals surface area contributed by atoms with E-state index in [0.29, 0.717) is 6.04 Å². The van der Waals surface area contributed by atoms with Crippen molar-refractivity contribution in [1.29, 1.82) is 0 Å². The second kappa shape index (κ2) is 6.88. The molecule has 0 saturated carbocycles. The molecule has 1 aromatic carbocycles. The molecule has 22 heavy (non-hydrogen) atoms. The van der Waals surface area contributed by atoms with E-state index in [9.17, 15) is 0 Å². The summed E-state index contributed by atoms with van der Waals surface area (Å²) in [7, 11) is 4.52. The van der Waals surface area contributed by atoms with Crippen LogP contribution >= 0.6 is 0 Å². The standard InChI is InChI=1S/C18H29N3O/c1-14(21(3)16-6-9-20(2)10-7-16)12-15-4-5-18-17(13-15)19-8-11-22-18/h4-5,13-14,16,19H,6-12H2,1-3H3. The van der Waals surface area contributed by atoms with E-state index in [4.69, 9.17) is 4.74 Å². The predicted octanol–water partition coefficient (Wildman–Crippen LogP) is 2.45. The van der Waals surface area contributed by atoms with E-state index in [-0.39, 0.29) is 0 Å². The third-order valence-corrected chi connectivity index (χ3v) is 5.21. The highest BCUT2D eigenvalue weighted by Gasteiger charge is 2.24. The van der Waals surface area contributed by atoms with E-state index in [0.717, 1.165) is 37.1 Å². The normalized spacial score (nSPS) is 21.1. The van der Waals surface area contributed by atoms with Crippen LogP contribution in [0.15, 0.2) is 18.2 Å². The minimum absolute atomic E-state index is 0.566. The van der Waals surface area contributed by atoms with Gasteiger partial charge >= 0.3 is 0 Å². The molecule has 0 bridgehead atoms. The molecule has 1 fully saturated rings. The molecule has 122 valence electrons. The number of likely N-dealkylation sites (N-methyl/N-ethyl adjacent to an activating group) is 1. The lowest BCUT2D eigenvalue weighted by molar-refractivity contribution is 0.113. The topological polar surface area (TPSA) is 27.7 Å². The number of fused-ring (bicyclic) bond motifs is 1. The Labute approximate surface area is 134 Å². The highest BCUT2D eigenvalue weighted by Crippen LogP contribution is 2.29. The average molecular weight is 303 g/mol. The molecule has 4 nitrogen and oxygen atoms in total. The lowest BCUT2D eigenvalue weighted by Gasteiger charge is -2.38. The minimum atomic E-state index is 0.566. The zero-order valence-corrected chi connectivity index (χ0v) is 14.1. The molecule has 2 aliphatic heterocycles. The number of ether oxygens (including phenoxy) is 1. The van der Waals surface area contributed by atoms with Crippen LogP contribution < -0.4 is 10.1 Å². The molecule has 1 aromatic rings. The summed E-state index contributed by atoms with van der Waals surface area (Å²) in [5.74, 6) is 0.992. The van der Waals surface area contributed by atoms with E-state index in [1.54, 1.807) is 0 Å². The molecular weight excluding hydrogens is 274 g/mol. The summed E-state index contributed by atoms with van der Waals surface area (Å²) in [4.78, 5) is 5.01. The summed E-state index contributed by atoms with van der Waals surface area (Å²) in [5.41, 5.74) is 2.54. The summed E-state index contributed by atoms with van der Waals surface area (Å²) >= 11 is 0. The fraction of sp³-hybridized carbons (Fsp3) is 0.667. The predicted molar refractivity (Wildman–Crippen MR) is 91.9 cm³/mol. The van der Waals surface area contributed by atoms with Crippen LogP contribution in [0.1, 0.15) is 25.3 Å². The van der Waals surface area contributed by atoms with Gasteiger partial charge in [-0.15, -0.1) is 0 Å². The van der Waals surface area contributed by atoms with Gasteiger partial charge in [0.25, 0.3) is 0 Å². The Morgan fingerprint density at radius 3 is 2.91 bits per heavy atom. The fourth-order valence-corrected chi connectivity index (χ4v) is 3.56. The van der Waals surface area contributed by atoms with Crippen LogP contribution in [-0.4, -0.2) is 62.2 Å². The number of hydrogen-bond donors (Lipinski definition) is 1. The zero-order chi connectivity index (χ0) is 15.5. The monoisotopic (exact) mass is 303 g/mol. The van der Waals surface area contributed by atoms with Crippen LogP contribution in [0, 0.1) is 0 Å². The van der Waals surface area contributed by atoms with Crippen molar-refractivity contribution in [1.82, 2.24) is 9.80 Å². The molecule has 0 aliphatic carbocycles. The smallest absolute Gasteiger partial charge is 0.142 e. The summed E-state index contributed by atoms with van der Waals surface area (Å²) in [6, 6.07) is 7.87. The largest absolute Gasteiger partial charge is 0.490 e. The van der Waals surface area contributed by atoms with Crippen molar-refractivity contribution in [3.8, 4) is 5.75 Å². The Kier molecular flexibility index (Phi) is 4.89. The van der Waals surface area contributed by atoms with E-state index >= 15 is 0 Å². The molecule has 1 unspecified atom stereocenters. The van der Waals surface area contributed by atoms with Crippen LogP contribution in [0.4, 0.5) is 5.69 Å². The summed E-state index contributed by atoms with van der Waals surface area (Å²) in [5, 5.41) is 3.43. The SMILES string of the molecule is CC(Cc1ccc2c(c1)NCCO2)N(C)C1CCN(C)CC1. The number of likely N-dealkylation sites (tertiary alicyclic amines) is 1. The fourth-order valence-electron chi connectivity index (χ4n) is 3.56. The zero-order valence-electron chi connectivity index (χ0n) is 14.1.